The highest BCUT2D eigenvalue weighted by Gasteiger charge is 2.09. The maximum Gasteiger partial charge on any atom is 0.255 e. The molecule has 0 fully saturated rings. The topological polar surface area (TPSA) is 88.1 Å². The average Bonchev–Trinajstić information content (AvgIpc) is 2.61. The van der Waals surface area contributed by atoms with Gasteiger partial charge in [0.05, 0.1) is 11.6 Å². The van der Waals surface area contributed by atoms with Crippen LogP contribution in [0.5, 0.6) is 11.5 Å². The zero-order valence-electron chi connectivity index (χ0n) is 13.6. The van der Waals surface area contributed by atoms with Crippen LogP contribution in [0.3, 0.4) is 0 Å². The Bertz CT molecular complexity index is 1010. The lowest BCUT2D eigenvalue weighted by atomic mass is 10.2. The van der Waals surface area contributed by atoms with Crippen molar-refractivity contribution in [3.05, 3.63) is 82.9 Å². The van der Waals surface area contributed by atoms with Crippen molar-refractivity contribution in [2.24, 2.45) is 0 Å². The van der Waals surface area contributed by atoms with Crippen LogP contribution in [0.1, 0.15) is 15.9 Å². The Morgan fingerprint density at radius 2 is 1.85 bits per heavy atom. The van der Waals surface area contributed by atoms with E-state index >= 15 is 0 Å². The molecule has 3 N–H and O–H groups in total. The van der Waals surface area contributed by atoms with E-state index in [0.29, 0.717) is 39.0 Å². The third-order valence-electron chi connectivity index (χ3n) is 3.47. The maximum absolute atomic E-state index is 12.3. The lowest BCUT2D eigenvalue weighted by Crippen LogP contribution is -2.12. The van der Waals surface area contributed by atoms with Crippen LogP contribution in [-0.4, -0.2) is 5.91 Å². The number of anilines is 2. The molecule has 0 bridgehead atoms. The normalized spacial score (nSPS) is 10.0. The van der Waals surface area contributed by atoms with Crippen LogP contribution in [0, 0.1) is 11.3 Å². The third kappa shape index (κ3) is 4.32. The van der Waals surface area contributed by atoms with Crippen molar-refractivity contribution >= 4 is 28.9 Å². The summed E-state index contributed by atoms with van der Waals surface area (Å²) in [5.74, 6) is 0.638. The molecule has 0 aliphatic rings. The van der Waals surface area contributed by atoms with Crippen molar-refractivity contribution < 1.29 is 9.53 Å². The van der Waals surface area contributed by atoms with Gasteiger partial charge in [-0.2, -0.15) is 5.26 Å². The molecule has 0 aromatic heterocycles. The molecule has 6 heteroatoms. The van der Waals surface area contributed by atoms with Crippen molar-refractivity contribution in [2.45, 2.75) is 0 Å². The van der Waals surface area contributed by atoms with E-state index in [4.69, 9.17) is 27.3 Å². The number of nitriles is 1. The van der Waals surface area contributed by atoms with Gasteiger partial charge in [-0.25, -0.2) is 0 Å². The van der Waals surface area contributed by atoms with Gasteiger partial charge in [-0.15, -0.1) is 0 Å². The van der Waals surface area contributed by atoms with Gasteiger partial charge in [0.2, 0.25) is 0 Å². The highest BCUT2D eigenvalue weighted by molar-refractivity contribution is 6.31. The summed E-state index contributed by atoms with van der Waals surface area (Å²) in [7, 11) is 0. The van der Waals surface area contributed by atoms with Crippen LogP contribution in [0.25, 0.3) is 0 Å². The number of hydrogen-bond acceptors (Lipinski definition) is 4. The third-order valence-corrected chi connectivity index (χ3v) is 3.71. The Kier molecular flexibility index (Phi) is 5.07. The molecule has 3 rings (SSSR count). The molecular formula is C20H14ClN3O2. The number of nitrogens with two attached hydrogens (primary N) is 1. The summed E-state index contributed by atoms with van der Waals surface area (Å²) in [6.07, 6.45) is 0. The van der Waals surface area contributed by atoms with E-state index in [1.54, 1.807) is 66.7 Å². The van der Waals surface area contributed by atoms with Gasteiger partial charge in [-0.05, 0) is 42.5 Å². The van der Waals surface area contributed by atoms with Crippen molar-refractivity contribution in [1.29, 1.82) is 5.26 Å². The summed E-state index contributed by atoms with van der Waals surface area (Å²) < 4.78 is 5.75. The first-order chi connectivity index (χ1) is 12.5. The molecule has 5 nitrogen and oxygen atoms in total. The first-order valence-corrected chi connectivity index (χ1v) is 8.07. The predicted molar refractivity (Wildman–Crippen MR) is 101 cm³/mol. The molecule has 0 saturated heterocycles. The van der Waals surface area contributed by atoms with Gasteiger partial charge >= 0.3 is 0 Å². The molecule has 3 aromatic rings. The quantitative estimate of drug-likeness (QED) is 0.649. The Morgan fingerprint density at radius 3 is 2.62 bits per heavy atom. The van der Waals surface area contributed by atoms with Crippen molar-refractivity contribution in [2.75, 3.05) is 11.1 Å². The van der Waals surface area contributed by atoms with E-state index in [-0.39, 0.29) is 5.91 Å². The largest absolute Gasteiger partial charge is 0.457 e. The number of nitrogen functional groups attached to an aromatic ring is 1. The minimum atomic E-state index is -0.310. The lowest BCUT2D eigenvalue weighted by molar-refractivity contribution is 0.102. The maximum atomic E-state index is 12.3. The Balaban J connectivity index is 1.81. The van der Waals surface area contributed by atoms with Crippen LogP contribution < -0.4 is 15.8 Å². The summed E-state index contributed by atoms with van der Waals surface area (Å²) in [5, 5.41) is 12.2. The highest BCUT2D eigenvalue weighted by atomic mass is 35.5. The number of hydrogen-bond donors (Lipinski definition) is 2. The summed E-state index contributed by atoms with van der Waals surface area (Å²) in [6.45, 7) is 0. The summed E-state index contributed by atoms with van der Waals surface area (Å²) in [5.41, 5.74) is 7.74. The van der Waals surface area contributed by atoms with Crippen molar-refractivity contribution in [1.82, 2.24) is 0 Å². The molecule has 128 valence electrons. The monoisotopic (exact) mass is 363 g/mol. The zero-order valence-corrected chi connectivity index (χ0v) is 14.3. The molecule has 1 amide bonds. The molecule has 0 heterocycles. The van der Waals surface area contributed by atoms with Crippen LogP contribution in [-0.2, 0) is 0 Å². The Hall–Kier alpha value is -3.49. The Labute approximate surface area is 155 Å². The van der Waals surface area contributed by atoms with Gasteiger partial charge in [0.25, 0.3) is 5.91 Å². The number of ether oxygens (including phenoxy) is 1. The number of carbonyl (C=O) groups is 1. The molecule has 0 radical (unpaired) electrons. The van der Waals surface area contributed by atoms with Gasteiger partial charge in [-0.3, -0.25) is 4.79 Å². The molecule has 0 aliphatic heterocycles. The molecule has 0 unspecified atom stereocenters. The molecular weight excluding hydrogens is 350 g/mol. The second-order valence-corrected chi connectivity index (χ2v) is 5.93. The van der Waals surface area contributed by atoms with E-state index in [2.05, 4.69) is 11.4 Å². The van der Waals surface area contributed by atoms with Gasteiger partial charge in [0.1, 0.15) is 11.5 Å². The summed E-state index contributed by atoms with van der Waals surface area (Å²) in [4.78, 5) is 12.3. The molecule has 0 atom stereocenters. The molecule has 0 aliphatic carbocycles. The molecule has 0 spiro atoms. The van der Waals surface area contributed by atoms with Crippen LogP contribution in [0.15, 0.2) is 66.7 Å². The zero-order chi connectivity index (χ0) is 18.5. The highest BCUT2D eigenvalue weighted by Crippen LogP contribution is 2.28. The smallest absolute Gasteiger partial charge is 0.255 e. The van der Waals surface area contributed by atoms with E-state index in [9.17, 15) is 4.79 Å². The Morgan fingerprint density at radius 1 is 1.04 bits per heavy atom. The number of benzene rings is 3. The first-order valence-electron chi connectivity index (χ1n) is 7.69. The lowest BCUT2D eigenvalue weighted by Gasteiger charge is -2.11. The molecule has 3 aromatic carbocycles. The number of nitrogens with one attached hydrogen (secondary N) is 1. The second kappa shape index (κ2) is 7.60. The van der Waals surface area contributed by atoms with Crippen LogP contribution in [0.4, 0.5) is 11.4 Å². The van der Waals surface area contributed by atoms with E-state index in [0.717, 1.165) is 0 Å². The fourth-order valence-corrected chi connectivity index (χ4v) is 2.54. The van der Waals surface area contributed by atoms with E-state index in [1.165, 1.54) is 0 Å². The van der Waals surface area contributed by atoms with E-state index in [1.807, 2.05) is 0 Å². The van der Waals surface area contributed by atoms with Crippen molar-refractivity contribution in [3.8, 4) is 17.6 Å². The number of halogens is 1. The van der Waals surface area contributed by atoms with E-state index < -0.39 is 0 Å². The minimum Gasteiger partial charge on any atom is -0.457 e. The number of carbonyl (C=O) groups excluding carboxylic acids is 1. The standard InChI is InChI=1S/C20H14ClN3O2/c21-15-5-2-4-14(8-15)20(25)24-17-9-16(23)10-19(11-17)26-18-6-1-3-13(7-18)12-22/h1-11H,23H2,(H,24,25). The van der Waals surface area contributed by atoms with Crippen molar-refractivity contribution in [3.63, 3.8) is 0 Å². The SMILES string of the molecule is N#Cc1cccc(Oc2cc(N)cc(NC(=O)c3cccc(Cl)c3)c2)c1. The molecule has 26 heavy (non-hydrogen) atoms. The number of nitrogens with zero attached hydrogens (tertiary/aromatic N) is 1. The fraction of sp³-hybridized carbons (Fsp3) is 0. The van der Waals surface area contributed by atoms with Gasteiger partial charge in [0.15, 0.2) is 0 Å². The van der Waals surface area contributed by atoms with Gasteiger partial charge in [0, 0.05) is 34.1 Å². The summed E-state index contributed by atoms with van der Waals surface area (Å²) >= 11 is 5.91. The van der Waals surface area contributed by atoms with Crippen LogP contribution >= 0.6 is 11.6 Å². The summed E-state index contributed by atoms with van der Waals surface area (Å²) in [6, 6.07) is 20.4. The van der Waals surface area contributed by atoms with Gasteiger partial charge in [-0.1, -0.05) is 23.7 Å². The number of rotatable bonds is 4. The molecule has 0 saturated carbocycles. The fourth-order valence-electron chi connectivity index (χ4n) is 2.35. The second-order valence-electron chi connectivity index (χ2n) is 5.50. The van der Waals surface area contributed by atoms with Crippen LogP contribution in [0.2, 0.25) is 5.02 Å². The van der Waals surface area contributed by atoms with Gasteiger partial charge < -0.3 is 15.8 Å². The average molecular weight is 364 g/mol. The first kappa shape index (κ1) is 17.3. The number of amides is 1. The predicted octanol–water partition coefficient (Wildman–Crippen LogP) is 4.84. The minimum absolute atomic E-state index is 0.310.